The SMILES string of the molecule is CC(N)C(O)c1ncnn1C. The molecule has 2 atom stereocenters. The Labute approximate surface area is 64.9 Å². The van der Waals surface area contributed by atoms with Gasteiger partial charge in [0, 0.05) is 13.1 Å². The number of nitrogens with zero attached hydrogens (tertiary/aromatic N) is 3. The number of hydrogen-bond acceptors (Lipinski definition) is 4. The first-order chi connectivity index (χ1) is 5.13. The maximum Gasteiger partial charge on any atom is 0.157 e. The zero-order valence-corrected chi connectivity index (χ0v) is 6.60. The Morgan fingerprint density at radius 3 is 2.73 bits per heavy atom. The normalized spacial score (nSPS) is 16.4. The number of aromatic nitrogens is 3. The number of aliphatic hydroxyl groups excluding tert-OH is 1. The zero-order chi connectivity index (χ0) is 8.43. The molecule has 0 aromatic carbocycles. The van der Waals surface area contributed by atoms with Crippen molar-refractivity contribution in [2.45, 2.75) is 19.1 Å². The average Bonchev–Trinajstić information content (AvgIpc) is 2.33. The first kappa shape index (κ1) is 8.16. The van der Waals surface area contributed by atoms with Crippen LogP contribution in [0.5, 0.6) is 0 Å². The van der Waals surface area contributed by atoms with Gasteiger partial charge in [-0.25, -0.2) is 4.98 Å². The predicted octanol–water partition coefficient (Wildman–Crippen LogP) is -0.804. The highest BCUT2D eigenvalue weighted by molar-refractivity contribution is 4.92. The molecule has 0 aliphatic heterocycles. The molecule has 1 rings (SSSR count). The highest BCUT2D eigenvalue weighted by Crippen LogP contribution is 2.09. The summed E-state index contributed by atoms with van der Waals surface area (Å²) >= 11 is 0. The quantitative estimate of drug-likeness (QED) is 0.587. The maximum absolute atomic E-state index is 9.42. The average molecular weight is 156 g/mol. The molecule has 62 valence electrons. The molecule has 0 fully saturated rings. The molecular weight excluding hydrogens is 144 g/mol. The van der Waals surface area contributed by atoms with Crippen molar-refractivity contribution in [2.75, 3.05) is 0 Å². The van der Waals surface area contributed by atoms with Crippen molar-refractivity contribution in [1.29, 1.82) is 0 Å². The van der Waals surface area contributed by atoms with E-state index < -0.39 is 6.10 Å². The minimum atomic E-state index is -0.734. The molecule has 1 heterocycles. The first-order valence-electron chi connectivity index (χ1n) is 3.40. The number of nitrogens with two attached hydrogens (primary N) is 1. The van der Waals surface area contributed by atoms with E-state index >= 15 is 0 Å². The predicted molar refractivity (Wildman–Crippen MR) is 39.6 cm³/mol. The van der Waals surface area contributed by atoms with Crippen LogP contribution in [-0.4, -0.2) is 25.9 Å². The summed E-state index contributed by atoms with van der Waals surface area (Å²) in [5, 5.41) is 13.2. The Hall–Kier alpha value is -0.940. The summed E-state index contributed by atoms with van der Waals surface area (Å²) in [6.45, 7) is 1.72. The van der Waals surface area contributed by atoms with Gasteiger partial charge in [0.05, 0.1) is 0 Å². The highest BCUT2D eigenvalue weighted by Gasteiger charge is 2.16. The number of hydrogen-bond donors (Lipinski definition) is 2. The van der Waals surface area contributed by atoms with E-state index in [2.05, 4.69) is 10.1 Å². The van der Waals surface area contributed by atoms with Gasteiger partial charge in [-0.1, -0.05) is 0 Å². The van der Waals surface area contributed by atoms with Crippen molar-refractivity contribution in [3.05, 3.63) is 12.2 Å². The highest BCUT2D eigenvalue weighted by atomic mass is 16.3. The van der Waals surface area contributed by atoms with Crippen LogP contribution < -0.4 is 5.73 Å². The van der Waals surface area contributed by atoms with Crippen molar-refractivity contribution >= 4 is 0 Å². The third-order valence-electron chi connectivity index (χ3n) is 1.51. The van der Waals surface area contributed by atoms with Gasteiger partial charge in [0.15, 0.2) is 5.82 Å². The summed E-state index contributed by atoms with van der Waals surface area (Å²) in [7, 11) is 1.72. The molecule has 0 bridgehead atoms. The number of aryl methyl sites for hydroxylation is 1. The second-order valence-corrected chi connectivity index (χ2v) is 2.55. The van der Waals surface area contributed by atoms with Crippen molar-refractivity contribution in [1.82, 2.24) is 14.8 Å². The fourth-order valence-electron chi connectivity index (χ4n) is 0.808. The van der Waals surface area contributed by atoms with Crippen LogP contribution in [0.2, 0.25) is 0 Å². The van der Waals surface area contributed by atoms with E-state index in [4.69, 9.17) is 5.73 Å². The van der Waals surface area contributed by atoms with E-state index in [-0.39, 0.29) is 6.04 Å². The van der Waals surface area contributed by atoms with Crippen LogP contribution in [0.15, 0.2) is 6.33 Å². The molecule has 5 heteroatoms. The molecule has 0 saturated heterocycles. The smallest absolute Gasteiger partial charge is 0.157 e. The van der Waals surface area contributed by atoms with E-state index in [1.54, 1.807) is 14.0 Å². The molecule has 11 heavy (non-hydrogen) atoms. The van der Waals surface area contributed by atoms with Gasteiger partial charge in [-0.3, -0.25) is 4.68 Å². The van der Waals surface area contributed by atoms with Crippen LogP contribution in [0.25, 0.3) is 0 Å². The fraction of sp³-hybridized carbons (Fsp3) is 0.667. The van der Waals surface area contributed by atoms with Gasteiger partial charge in [-0.15, -0.1) is 0 Å². The van der Waals surface area contributed by atoms with Gasteiger partial charge in [-0.05, 0) is 6.92 Å². The van der Waals surface area contributed by atoms with Crippen molar-refractivity contribution in [2.24, 2.45) is 12.8 Å². The molecule has 0 radical (unpaired) electrons. The summed E-state index contributed by atoms with van der Waals surface area (Å²) in [6.07, 6.45) is 0.656. The second kappa shape index (κ2) is 2.98. The van der Waals surface area contributed by atoms with Gasteiger partial charge in [-0.2, -0.15) is 5.10 Å². The fourth-order valence-corrected chi connectivity index (χ4v) is 0.808. The molecule has 2 unspecified atom stereocenters. The van der Waals surface area contributed by atoms with Crippen molar-refractivity contribution < 1.29 is 5.11 Å². The third-order valence-corrected chi connectivity index (χ3v) is 1.51. The third kappa shape index (κ3) is 1.55. The van der Waals surface area contributed by atoms with Gasteiger partial charge in [0.2, 0.25) is 0 Å². The lowest BCUT2D eigenvalue weighted by atomic mass is 10.2. The summed E-state index contributed by atoms with van der Waals surface area (Å²) in [5.74, 6) is 0.500. The summed E-state index contributed by atoms with van der Waals surface area (Å²) in [5.41, 5.74) is 5.46. The van der Waals surface area contributed by atoms with E-state index in [1.807, 2.05) is 0 Å². The lowest BCUT2D eigenvalue weighted by molar-refractivity contribution is 0.139. The molecule has 0 aliphatic rings. The van der Waals surface area contributed by atoms with E-state index in [0.717, 1.165) is 0 Å². The number of aliphatic hydroxyl groups is 1. The lowest BCUT2D eigenvalue weighted by Gasteiger charge is -2.12. The van der Waals surface area contributed by atoms with Crippen LogP contribution >= 0.6 is 0 Å². The molecule has 0 spiro atoms. The largest absolute Gasteiger partial charge is 0.383 e. The lowest BCUT2D eigenvalue weighted by Crippen LogP contribution is -2.26. The Bertz CT molecular complexity index is 232. The van der Waals surface area contributed by atoms with Crippen LogP contribution in [-0.2, 0) is 7.05 Å². The Kier molecular flexibility index (Phi) is 2.21. The Morgan fingerprint density at radius 2 is 2.36 bits per heavy atom. The van der Waals surface area contributed by atoms with Gasteiger partial charge in [0.25, 0.3) is 0 Å². The molecule has 5 nitrogen and oxygen atoms in total. The number of rotatable bonds is 2. The second-order valence-electron chi connectivity index (χ2n) is 2.55. The van der Waals surface area contributed by atoms with Gasteiger partial charge in [0.1, 0.15) is 12.4 Å². The van der Waals surface area contributed by atoms with Crippen LogP contribution in [0.4, 0.5) is 0 Å². The summed E-state index contributed by atoms with van der Waals surface area (Å²) in [6, 6.07) is -0.321. The molecule has 1 aromatic heterocycles. The zero-order valence-electron chi connectivity index (χ0n) is 6.60. The monoisotopic (exact) mass is 156 g/mol. The van der Waals surface area contributed by atoms with Crippen LogP contribution in [0.3, 0.4) is 0 Å². The van der Waals surface area contributed by atoms with Crippen molar-refractivity contribution in [3.63, 3.8) is 0 Å². The minimum absolute atomic E-state index is 0.321. The van der Waals surface area contributed by atoms with Gasteiger partial charge < -0.3 is 10.8 Å². The molecule has 3 N–H and O–H groups in total. The summed E-state index contributed by atoms with van der Waals surface area (Å²) < 4.78 is 1.51. The topological polar surface area (TPSA) is 77.0 Å². The Morgan fingerprint density at radius 1 is 1.73 bits per heavy atom. The summed E-state index contributed by atoms with van der Waals surface area (Å²) in [4.78, 5) is 3.86. The first-order valence-corrected chi connectivity index (χ1v) is 3.40. The van der Waals surface area contributed by atoms with Gasteiger partial charge >= 0.3 is 0 Å². The standard InChI is InChI=1S/C6H12N4O/c1-4(7)5(11)6-8-3-9-10(6)2/h3-5,11H,7H2,1-2H3. The minimum Gasteiger partial charge on any atom is -0.383 e. The van der Waals surface area contributed by atoms with Crippen molar-refractivity contribution in [3.8, 4) is 0 Å². The molecular formula is C6H12N4O. The molecule has 0 aliphatic carbocycles. The van der Waals surface area contributed by atoms with E-state index in [1.165, 1.54) is 11.0 Å². The Balaban J connectivity index is 2.84. The molecule has 0 saturated carbocycles. The maximum atomic E-state index is 9.42. The molecule has 1 aromatic rings. The van der Waals surface area contributed by atoms with Crippen LogP contribution in [0, 0.1) is 0 Å². The van der Waals surface area contributed by atoms with Crippen LogP contribution in [0.1, 0.15) is 18.9 Å². The van der Waals surface area contributed by atoms with E-state index in [9.17, 15) is 5.11 Å². The molecule has 0 amide bonds. The van der Waals surface area contributed by atoms with E-state index in [0.29, 0.717) is 5.82 Å².